The second kappa shape index (κ2) is 4.42. The van der Waals surface area contributed by atoms with Gasteiger partial charge >= 0.3 is 0 Å². The average molecular weight is 212 g/mol. The third-order valence-corrected chi connectivity index (χ3v) is 4.30. The fourth-order valence-corrected chi connectivity index (χ4v) is 3.27. The van der Waals surface area contributed by atoms with E-state index in [-0.39, 0.29) is 0 Å². The number of aliphatic hydroxyl groups is 1. The normalized spacial score (nSPS) is 36.2. The topological polar surface area (TPSA) is 29.5 Å². The molecule has 2 fully saturated rings. The van der Waals surface area contributed by atoms with Crippen LogP contribution in [0.2, 0.25) is 0 Å². The summed E-state index contributed by atoms with van der Waals surface area (Å²) >= 11 is 0. The number of ether oxygens (including phenoxy) is 1. The summed E-state index contributed by atoms with van der Waals surface area (Å²) in [5, 5.41) is 10.8. The van der Waals surface area contributed by atoms with Crippen molar-refractivity contribution in [1.29, 1.82) is 0 Å². The molecule has 0 aromatic carbocycles. The fraction of sp³-hybridized carbons (Fsp3) is 1.00. The lowest BCUT2D eigenvalue weighted by Gasteiger charge is -2.40. The number of rotatable bonds is 4. The minimum absolute atomic E-state index is 0.480. The van der Waals surface area contributed by atoms with E-state index in [1.54, 1.807) is 7.11 Å². The summed E-state index contributed by atoms with van der Waals surface area (Å²) in [6.45, 7) is 2.85. The highest BCUT2D eigenvalue weighted by molar-refractivity contribution is 5.00. The number of hydrogen-bond acceptors (Lipinski definition) is 2. The van der Waals surface area contributed by atoms with Crippen molar-refractivity contribution in [3.05, 3.63) is 0 Å². The van der Waals surface area contributed by atoms with Crippen molar-refractivity contribution in [3.63, 3.8) is 0 Å². The summed E-state index contributed by atoms with van der Waals surface area (Å²) in [6.07, 6.45) is 7.40. The van der Waals surface area contributed by atoms with Gasteiger partial charge in [-0.25, -0.2) is 0 Å². The first kappa shape index (κ1) is 11.4. The van der Waals surface area contributed by atoms with E-state index in [0.717, 1.165) is 5.92 Å². The maximum Gasteiger partial charge on any atom is 0.0935 e. The van der Waals surface area contributed by atoms with E-state index in [0.29, 0.717) is 18.4 Å². The molecule has 0 bridgehead atoms. The lowest BCUT2D eigenvalue weighted by atomic mass is 9.71. The van der Waals surface area contributed by atoms with Crippen LogP contribution in [0.25, 0.3) is 0 Å². The van der Waals surface area contributed by atoms with Crippen LogP contribution in [-0.2, 0) is 4.74 Å². The maximum atomic E-state index is 10.8. The largest absolute Gasteiger partial charge is 0.387 e. The molecular weight excluding hydrogens is 188 g/mol. The van der Waals surface area contributed by atoms with Crippen molar-refractivity contribution in [2.45, 2.75) is 51.0 Å². The lowest BCUT2D eigenvalue weighted by Crippen LogP contribution is -2.46. The molecule has 2 heteroatoms. The van der Waals surface area contributed by atoms with Gasteiger partial charge in [0.1, 0.15) is 0 Å². The molecule has 0 aliphatic heterocycles. The molecule has 2 aliphatic carbocycles. The Bertz CT molecular complexity index is 213. The van der Waals surface area contributed by atoms with Crippen LogP contribution in [0.15, 0.2) is 0 Å². The van der Waals surface area contributed by atoms with Gasteiger partial charge in [0.25, 0.3) is 0 Å². The van der Waals surface area contributed by atoms with Gasteiger partial charge in [-0.05, 0) is 43.4 Å². The molecule has 2 nitrogen and oxygen atoms in total. The molecule has 15 heavy (non-hydrogen) atoms. The molecule has 2 saturated carbocycles. The Balaban J connectivity index is 2.02. The van der Waals surface area contributed by atoms with E-state index in [9.17, 15) is 5.11 Å². The molecule has 2 aliphatic rings. The van der Waals surface area contributed by atoms with Crippen LogP contribution in [0.1, 0.15) is 45.4 Å². The highest BCUT2D eigenvalue weighted by Crippen LogP contribution is 2.48. The van der Waals surface area contributed by atoms with E-state index in [1.165, 1.54) is 38.5 Å². The van der Waals surface area contributed by atoms with Crippen LogP contribution in [-0.4, -0.2) is 24.4 Å². The van der Waals surface area contributed by atoms with E-state index in [2.05, 4.69) is 6.92 Å². The van der Waals surface area contributed by atoms with E-state index in [1.807, 2.05) is 0 Å². The van der Waals surface area contributed by atoms with Crippen LogP contribution in [0.5, 0.6) is 0 Å². The van der Waals surface area contributed by atoms with Crippen LogP contribution in [0, 0.1) is 17.8 Å². The molecule has 0 aromatic heterocycles. The highest BCUT2D eigenvalue weighted by atomic mass is 16.5. The average Bonchev–Trinajstić information content (AvgIpc) is 3.01. The minimum atomic E-state index is -0.510. The molecule has 3 atom stereocenters. The summed E-state index contributed by atoms with van der Waals surface area (Å²) in [6, 6.07) is 0. The van der Waals surface area contributed by atoms with Gasteiger partial charge in [-0.1, -0.05) is 19.8 Å². The number of hydrogen-bond donors (Lipinski definition) is 1. The van der Waals surface area contributed by atoms with Gasteiger partial charge < -0.3 is 9.84 Å². The second-order valence-corrected chi connectivity index (χ2v) is 5.67. The summed E-state index contributed by atoms with van der Waals surface area (Å²) in [5.74, 6) is 1.78. The SMILES string of the molecule is COCC(O)(C1CC1)C1CCCC(C)C1. The summed E-state index contributed by atoms with van der Waals surface area (Å²) in [5.41, 5.74) is -0.510. The van der Waals surface area contributed by atoms with E-state index < -0.39 is 5.60 Å². The predicted octanol–water partition coefficient (Wildman–Crippen LogP) is 2.60. The monoisotopic (exact) mass is 212 g/mol. The predicted molar refractivity (Wildman–Crippen MR) is 60.7 cm³/mol. The molecule has 0 spiro atoms. The Morgan fingerprint density at radius 3 is 2.47 bits per heavy atom. The molecule has 0 aromatic rings. The molecular formula is C13H24O2. The van der Waals surface area contributed by atoms with Gasteiger partial charge in [-0.3, -0.25) is 0 Å². The molecule has 2 rings (SSSR count). The van der Waals surface area contributed by atoms with Gasteiger partial charge in [-0.2, -0.15) is 0 Å². The summed E-state index contributed by atoms with van der Waals surface area (Å²) < 4.78 is 5.25. The van der Waals surface area contributed by atoms with Crippen LogP contribution >= 0.6 is 0 Å². The number of methoxy groups -OCH3 is 1. The smallest absolute Gasteiger partial charge is 0.0935 e. The quantitative estimate of drug-likeness (QED) is 0.776. The van der Waals surface area contributed by atoms with Gasteiger partial charge in [0, 0.05) is 7.11 Å². The molecule has 0 saturated heterocycles. The van der Waals surface area contributed by atoms with Crippen molar-refractivity contribution < 1.29 is 9.84 Å². The first-order valence-corrected chi connectivity index (χ1v) is 6.38. The zero-order valence-corrected chi connectivity index (χ0v) is 10.0. The fourth-order valence-electron chi connectivity index (χ4n) is 3.27. The van der Waals surface area contributed by atoms with Gasteiger partial charge in [0.15, 0.2) is 0 Å². The van der Waals surface area contributed by atoms with Crippen molar-refractivity contribution in [1.82, 2.24) is 0 Å². The van der Waals surface area contributed by atoms with Gasteiger partial charge in [-0.15, -0.1) is 0 Å². The van der Waals surface area contributed by atoms with Crippen LogP contribution in [0.4, 0.5) is 0 Å². The molecule has 0 radical (unpaired) electrons. The Kier molecular flexibility index (Phi) is 3.36. The lowest BCUT2D eigenvalue weighted by molar-refractivity contribution is -0.104. The standard InChI is InChI=1S/C13H24O2/c1-10-4-3-5-12(8-10)13(14,9-15-2)11-6-7-11/h10-12,14H,3-9H2,1-2H3. The molecule has 0 heterocycles. The van der Waals surface area contributed by atoms with Crippen molar-refractivity contribution in [3.8, 4) is 0 Å². The zero-order valence-electron chi connectivity index (χ0n) is 10.0. The summed E-state index contributed by atoms with van der Waals surface area (Å²) in [7, 11) is 1.71. The molecule has 88 valence electrons. The van der Waals surface area contributed by atoms with Gasteiger partial charge in [0.2, 0.25) is 0 Å². The Morgan fingerprint density at radius 1 is 1.20 bits per heavy atom. The third kappa shape index (κ3) is 2.36. The van der Waals surface area contributed by atoms with Crippen molar-refractivity contribution >= 4 is 0 Å². The minimum Gasteiger partial charge on any atom is -0.387 e. The second-order valence-electron chi connectivity index (χ2n) is 5.67. The zero-order chi connectivity index (χ0) is 10.9. The first-order chi connectivity index (χ1) is 7.16. The summed E-state index contributed by atoms with van der Waals surface area (Å²) in [4.78, 5) is 0. The Labute approximate surface area is 93.0 Å². The van der Waals surface area contributed by atoms with Crippen molar-refractivity contribution in [2.24, 2.45) is 17.8 Å². The van der Waals surface area contributed by atoms with Crippen molar-refractivity contribution in [2.75, 3.05) is 13.7 Å². The molecule has 3 unspecified atom stereocenters. The molecule has 1 N–H and O–H groups in total. The molecule has 0 amide bonds. The van der Waals surface area contributed by atoms with E-state index >= 15 is 0 Å². The van der Waals surface area contributed by atoms with Crippen LogP contribution in [0.3, 0.4) is 0 Å². The third-order valence-electron chi connectivity index (χ3n) is 4.30. The van der Waals surface area contributed by atoms with Crippen LogP contribution < -0.4 is 0 Å². The Hall–Kier alpha value is -0.0800. The highest BCUT2D eigenvalue weighted by Gasteiger charge is 2.49. The Morgan fingerprint density at radius 2 is 1.93 bits per heavy atom. The van der Waals surface area contributed by atoms with Gasteiger partial charge in [0.05, 0.1) is 12.2 Å². The van der Waals surface area contributed by atoms with E-state index in [4.69, 9.17) is 4.74 Å². The maximum absolute atomic E-state index is 10.8. The first-order valence-electron chi connectivity index (χ1n) is 6.38.